The van der Waals surface area contributed by atoms with Crippen LogP contribution in [-0.2, 0) is 11.4 Å². The molecule has 7 heteroatoms. The van der Waals surface area contributed by atoms with Gasteiger partial charge in [0, 0.05) is 24.4 Å². The van der Waals surface area contributed by atoms with Gasteiger partial charge >= 0.3 is 0 Å². The number of aromatic nitrogens is 2. The van der Waals surface area contributed by atoms with Gasteiger partial charge < -0.3 is 4.74 Å². The molecule has 2 heterocycles. The van der Waals surface area contributed by atoms with Crippen LogP contribution in [0, 0.1) is 6.92 Å². The first-order chi connectivity index (χ1) is 17.0. The molecule has 5 rings (SSSR count). The minimum atomic E-state index is -0.0988. The van der Waals surface area contributed by atoms with E-state index in [1.54, 1.807) is 7.05 Å². The highest BCUT2D eigenvalue weighted by Gasteiger charge is 2.29. The quantitative estimate of drug-likeness (QED) is 0.233. The zero-order valence-corrected chi connectivity index (χ0v) is 21.0. The van der Waals surface area contributed by atoms with Gasteiger partial charge in [-0.2, -0.15) is 5.10 Å². The van der Waals surface area contributed by atoms with Crippen molar-refractivity contribution in [2.45, 2.75) is 13.5 Å². The van der Waals surface area contributed by atoms with Crippen molar-refractivity contribution < 1.29 is 9.53 Å². The van der Waals surface area contributed by atoms with Crippen molar-refractivity contribution in [2.75, 3.05) is 7.05 Å². The largest absolute Gasteiger partial charge is 0.489 e. The molecule has 4 aromatic rings. The molecule has 0 unspecified atom stereocenters. The van der Waals surface area contributed by atoms with Crippen LogP contribution in [0.3, 0.4) is 0 Å². The smallest absolute Gasteiger partial charge is 0.265 e. The average Bonchev–Trinajstić information content (AvgIpc) is 3.41. The summed E-state index contributed by atoms with van der Waals surface area (Å²) in [5.74, 6) is 0.684. The lowest BCUT2D eigenvalue weighted by Crippen LogP contribution is -2.22. The molecule has 3 aromatic carbocycles. The zero-order chi connectivity index (χ0) is 24.4. The van der Waals surface area contributed by atoms with E-state index in [-0.39, 0.29) is 5.91 Å². The highest BCUT2D eigenvalue weighted by Crippen LogP contribution is 2.34. The molecule has 0 bridgehead atoms. The molecule has 0 radical (unpaired) electrons. The molecule has 5 nitrogen and oxygen atoms in total. The first-order valence-electron chi connectivity index (χ1n) is 11.1. The van der Waals surface area contributed by atoms with E-state index in [9.17, 15) is 4.79 Å². The molecular formula is C28H23N3O2S2. The van der Waals surface area contributed by atoms with Gasteiger partial charge in [0.1, 0.15) is 16.7 Å². The van der Waals surface area contributed by atoms with Crippen LogP contribution in [0.15, 0.2) is 90.0 Å². The average molecular weight is 498 g/mol. The van der Waals surface area contributed by atoms with E-state index < -0.39 is 0 Å². The number of hydrogen-bond donors (Lipinski definition) is 0. The minimum absolute atomic E-state index is 0.0988. The number of para-hydroxylation sites is 1. The Morgan fingerprint density at radius 2 is 1.71 bits per heavy atom. The Morgan fingerprint density at radius 3 is 2.37 bits per heavy atom. The molecule has 1 aromatic heterocycles. The molecule has 1 aliphatic rings. The van der Waals surface area contributed by atoms with Crippen LogP contribution in [0.1, 0.15) is 16.7 Å². The van der Waals surface area contributed by atoms with E-state index in [1.807, 2.05) is 71.6 Å². The maximum atomic E-state index is 12.6. The van der Waals surface area contributed by atoms with Gasteiger partial charge in [0.2, 0.25) is 0 Å². The molecule has 35 heavy (non-hydrogen) atoms. The van der Waals surface area contributed by atoms with Gasteiger partial charge in [0.25, 0.3) is 5.91 Å². The van der Waals surface area contributed by atoms with E-state index in [1.165, 1.54) is 22.2 Å². The monoisotopic (exact) mass is 497 g/mol. The highest BCUT2D eigenvalue weighted by molar-refractivity contribution is 8.26. The summed E-state index contributed by atoms with van der Waals surface area (Å²) < 4.78 is 8.35. The zero-order valence-electron chi connectivity index (χ0n) is 19.3. The van der Waals surface area contributed by atoms with Gasteiger partial charge in [-0.25, -0.2) is 4.68 Å². The lowest BCUT2D eigenvalue weighted by atomic mass is 10.1. The summed E-state index contributed by atoms with van der Waals surface area (Å²) in [6.07, 6.45) is 3.81. The topological polar surface area (TPSA) is 47.4 Å². The fourth-order valence-corrected chi connectivity index (χ4v) is 4.85. The van der Waals surface area contributed by atoms with Crippen LogP contribution < -0.4 is 4.74 Å². The molecule has 1 saturated heterocycles. The highest BCUT2D eigenvalue weighted by atomic mass is 32.2. The number of carbonyl (C=O) groups excluding carboxylic acids is 1. The lowest BCUT2D eigenvalue weighted by Gasteiger charge is -2.08. The molecule has 174 valence electrons. The predicted octanol–water partition coefficient (Wildman–Crippen LogP) is 6.26. The maximum Gasteiger partial charge on any atom is 0.265 e. The van der Waals surface area contributed by atoms with Gasteiger partial charge in [-0.1, -0.05) is 72.0 Å². The second-order valence-corrected chi connectivity index (χ2v) is 9.93. The normalized spacial score (nSPS) is 14.7. The maximum absolute atomic E-state index is 12.6. The molecule has 0 N–H and O–H groups in total. The second kappa shape index (κ2) is 9.90. The van der Waals surface area contributed by atoms with Crippen LogP contribution in [0.5, 0.6) is 5.75 Å². The summed E-state index contributed by atoms with van der Waals surface area (Å²) >= 11 is 6.60. The Labute approximate surface area is 214 Å². The predicted molar refractivity (Wildman–Crippen MR) is 145 cm³/mol. The molecule has 0 spiro atoms. The minimum Gasteiger partial charge on any atom is -0.489 e. The Bertz CT molecular complexity index is 1410. The van der Waals surface area contributed by atoms with E-state index in [2.05, 4.69) is 31.2 Å². The number of benzene rings is 3. The van der Waals surface area contributed by atoms with Crippen LogP contribution in [0.2, 0.25) is 0 Å². The number of likely N-dealkylation sites (N-methyl/N-ethyl adjacent to an activating group) is 1. The van der Waals surface area contributed by atoms with Crippen molar-refractivity contribution in [1.82, 2.24) is 14.7 Å². The molecular weight excluding hydrogens is 474 g/mol. The standard InChI is InChI=1S/C28H23N3O2S2/c1-19-8-10-20(11-9-19)18-33-24-14-12-21(13-15-24)26-22(16-25-27(32)30(2)28(34)35-25)17-31(29-26)23-6-4-3-5-7-23/h3-17H,18H2,1-2H3/b25-16-. The molecule has 0 atom stereocenters. The van der Waals surface area contributed by atoms with Crippen LogP contribution >= 0.6 is 24.0 Å². The third-order valence-electron chi connectivity index (χ3n) is 5.69. The fourth-order valence-electron chi connectivity index (χ4n) is 3.68. The number of aryl methyl sites for hydroxylation is 1. The van der Waals surface area contributed by atoms with Gasteiger partial charge in [-0.15, -0.1) is 0 Å². The molecule has 1 aliphatic heterocycles. The SMILES string of the molecule is Cc1ccc(COc2ccc(-c3nn(-c4ccccc4)cc3/C=C3\SC(=S)N(C)C3=O)cc2)cc1. The number of rotatable bonds is 6. The van der Waals surface area contributed by atoms with E-state index >= 15 is 0 Å². The summed E-state index contributed by atoms with van der Waals surface area (Å²) in [4.78, 5) is 14.7. The van der Waals surface area contributed by atoms with E-state index in [4.69, 9.17) is 22.1 Å². The number of thiocarbonyl (C=S) groups is 1. The summed E-state index contributed by atoms with van der Waals surface area (Å²) in [5.41, 5.74) is 5.84. The Morgan fingerprint density at radius 1 is 1.00 bits per heavy atom. The van der Waals surface area contributed by atoms with Crippen LogP contribution in [0.4, 0.5) is 0 Å². The number of carbonyl (C=O) groups is 1. The Kier molecular flexibility index (Phi) is 6.53. The fraction of sp³-hybridized carbons (Fsp3) is 0.107. The van der Waals surface area contributed by atoms with Crippen molar-refractivity contribution in [3.63, 3.8) is 0 Å². The van der Waals surface area contributed by atoms with Crippen molar-refractivity contribution in [2.24, 2.45) is 0 Å². The lowest BCUT2D eigenvalue weighted by molar-refractivity contribution is -0.121. The molecule has 1 fully saturated rings. The van der Waals surface area contributed by atoms with E-state index in [0.29, 0.717) is 15.8 Å². The number of nitrogens with zero attached hydrogens (tertiary/aromatic N) is 3. The number of hydrogen-bond acceptors (Lipinski definition) is 5. The van der Waals surface area contributed by atoms with Gasteiger partial charge in [0.05, 0.1) is 16.3 Å². The van der Waals surface area contributed by atoms with Gasteiger partial charge in [0.15, 0.2) is 0 Å². The first-order valence-corrected chi connectivity index (χ1v) is 12.4. The third-order valence-corrected chi connectivity index (χ3v) is 7.18. The van der Waals surface area contributed by atoms with E-state index in [0.717, 1.165) is 33.8 Å². The first kappa shape index (κ1) is 23.1. The van der Waals surface area contributed by atoms with Crippen molar-refractivity contribution in [3.8, 4) is 22.7 Å². The summed E-state index contributed by atoms with van der Waals surface area (Å²) in [7, 11) is 1.70. The number of amides is 1. The van der Waals surface area contributed by atoms with Crippen LogP contribution in [-0.4, -0.2) is 32.0 Å². The van der Waals surface area contributed by atoms with Crippen molar-refractivity contribution in [1.29, 1.82) is 0 Å². The molecule has 0 saturated carbocycles. The molecule has 0 aliphatic carbocycles. The Hall–Kier alpha value is -3.68. The third kappa shape index (κ3) is 5.06. The molecule has 1 amide bonds. The van der Waals surface area contributed by atoms with Gasteiger partial charge in [-0.05, 0) is 55.0 Å². The second-order valence-electron chi connectivity index (χ2n) is 8.25. The van der Waals surface area contributed by atoms with Gasteiger partial charge in [-0.3, -0.25) is 9.69 Å². The van der Waals surface area contributed by atoms with Crippen LogP contribution in [0.25, 0.3) is 23.0 Å². The van der Waals surface area contributed by atoms with Crippen molar-refractivity contribution >= 4 is 40.3 Å². The number of thioether (sulfide) groups is 1. The Balaban J connectivity index is 1.45. The summed E-state index contributed by atoms with van der Waals surface area (Å²) in [6, 6.07) is 26.1. The summed E-state index contributed by atoms with van der Waals surface area (Å²) in [5, 5.41) is 4.85. The summed E-state index contributed by atoms with van der Waals surface area (Å²) in [6.45, 7) is 2.58. The number of ether oxygens (including phenoxy) is 1. The van der Waals surface area contributed by atoms with Crippen molar-refractivity contribution in [3.05, 3.63) is 107 Å².